The van der Waals surface area contributed by atoms with Crippen LogP contribution in [0.2, 0.25) is 0 Å². The average Bonchev–Trinajstić information content (AvgIpc) is 3.09. The Balaban J connectivity index is 1.45. The number of methoxy groups -OCH3 is 1. The second kappa shape index (κ2) is 7.20. The van der Waals surface area contributed by atoms with Gasteiger partial charge in [0.05, 0.1) is 19.3 Å². The minimum absolute atomic E-state index is 0.0891. The summed E-state index contributed by atoms with van der Waals surface area (Å²) < 4.78 is 11.9. The molecule has 0 radical (unpaired) electrons. The van der Waals surface area contributed by atoms with Gasteiger partial charge in [-0.15, -0.1) is 0 Å². The van der Waals surface area contributed by atoms with Gasteiger partial charge in [0, 0.05) is 45.2 Å². The van der Waals surface area contributed by atoms with E-state index in [2.05, 4.69) is 17.0 Å². The topological polar surface area (TPSA) is 42.0 Å². The van der Waals surface area contributed by atoms with Crippen LogP contribution >= 0.6 is 0 Å². The molecule has 2 saturated heterocycles. The monoisotopic (exact) mass is 358 g/mol. The Bertz CT molecular complexity index is 680. The number of aryl methyl sites for hydroxylation is 2. The van der Waals surface area contributed by atoms with Crippen molar-refractivity contribution in [2.75, 3.05) is 39.9 Å². The zero-order chi connectivity index (χ0) is 18.1. The molecule has 3 aliphatic rings. The Kier molecular flexibility index (Phi) is 4.93. The first-order valence-corrected chi connectivity index (χ1v) is 9.89. The number of rotatable bonds is 3. The fourth-order valence-electron chi connectivity index (χ4n) is 4.80. The highest BCUT2D eigenvalue weighted by molar-refractivity contribution is 5.73. The lowest BCUT2D eigenvalue weighted by molar-refractivity contribution is -0.149. The molecule has 1 aromatic rings. The number of carbonyl (C=O) groups is 1. The van der Waals surface area contributed by atoms with Crippen molar-refractivity contribution in [1.29, 1.82) is 0 Å². The molecule has 0 atom stereocenters. The fourth-order valence-corrected chi connectivity index (χ4v) is 4.80. The number of morpholine rings is 1. The van der Waals surface area contributed by atoms with Crippen LogP contribution in [0, 0.1) is 0 Å². The molecule has 5 heteroatoms. The number of benzene rings is 1. The number of hydrogen-bond acceptors (Lipinski definition) is 4. The number of nitrogens with zero attached hydrogens (tertiary/aromatic N) is 2. The highest BCUT2D eigenvalue weighted by Crippen LogP contribution is 2.34. The van der Waals surface area contributed by atoms with Crippen molar-refractivity contribution >= 4 is 5.91 Å². The largest absolute Gasteiger partial charge is 0.496 e. The van der Waals surface area contributed by atoms with E-state index in [4.69, 9.17) is 9.47 Å². The molecule has 1 amide bonds. The van der Waals surface area contributed by atoms with Gasteiger partial charge < -0.3 is 14.4 Å². The van der Waals surface area contributed by atoms with Gasteiger partial charge in [-0.3, -0.25) is 9.69 Å². The van der Waals surface area contributed by atoms with Crippen molar-refractivity contribution in [3.8, 4) is 5.75 Å². The Labute approximate surface area is 156 Å². The summed E-state index contributed by atoms with van der Waals surface area (Å²) in [6.07, 6.45) is 5.50. The number of amides is 1. The molecule has 0 N–H and O–H groups in total. The van der Waals surface area contributed by atoms with Crippen LogP contribution in [-0.4, -0.2) is 61.2 Å². The number of ether oxygens (including phenoxy) is 2. The smallest absolute Gasteiger partial charge is 0.219 e. The summed E-state index contributed by atoms with van der Waals surface area (Å²) in [5, 5.41) is 0. The predicted molar refractivity (Wildman–Crippen MR) is 100 cm³/mol. The second-order valence-electron chi connectivity index (χ2n) is 8.03. The standard InChI is InChI=1S/C21H30N2O3/c1-16(24)23-8-6-21(7-9-23)15-22(10-11-26-21)14-19-12-17-4-3-5-18(17)13-20(19)25-2/h12-13H,3-11,14-15H2,1-2H3. The van der Waals surface area contributed by atoms with Crippen molar-refractivity contribution in [2.24, 2.45) is 0 Å². The lowest BCUT2D eigenvalue weighted by Gasteiger charge is -2.47. The van der Waals surface area contributed by atoms with Crippen molar-refractivity contribution in [3.05, 3.63) is 28.8 Å². The zero-order valence-corrected chi connectivity index (χ0v) is 16.1. The third kappa shape index (κ3) is 3.47. The predicted octanol–water partition coefficient (Wildman–Crippen LogP) is 2.40. The van der Waals surface area contributed by atoms with Crippen LogP contribution in [0.1, 0.15) is 42.9 Å². The minimum Gasteiger partial charge on any atom is -0.496 e. The van der Waals surface area contributed by atoms with Crippen molar-refractivity contribution < 1.29 is 14.3 Å². The van der Waals surface area contributed by atoms with Crippen LogP contribution in [-0.2, 0) is 28.9 Å². The van der Waals surface area contributed by atoms with E-state index in [1.54, 1.807) is 14.0 Å². The Morgan fingerprint density at radius 2 is 1.92 bits per heavy atom. The zero-order valence-electron chi connectivity index (χ0n) is 16.1. The lowest BCUT2D eigenvalue weighted by atomic mass is 9.89. The molecule has 1 aromatic carbocycles. The highest BCUT2D eigenvalue weighted by Gasteiger charge is 2.40. The number of likely N-dealkylation sites (tertiary alicyclic amines) is 1. The van der Waals surface area contributed by atoms with Gasteiger partial charge in [-0.2, -0.15) is 0 Å². The minimum atomic E-state index is -0.0891. The van der Waals surface area contributed by atoms with E-state index < -0.39 is 0 Å². The van der Waals surface area contributed by atoms with E-state index in [-0.39, 0.29) is 11.5 Å². The summed E-state index contributed by atoms with van der Waals surface area (Å²) in [4.78, 5) is 16.0. The maximum atomic E-state index is 11.6. The van der Waals surface area contributed by atoms with Gasteiger partial charge in [-0.1, -0.05) is 6.07 Å². The molecule has 26 heavy (non-hydrogen) atoms. The first kappa shape index (κ1) is 17.8. The lowest BCUT2D eigenvalue weighted by Crippen LogP contribution is -2.57. The van der Waals surface area contributed by atoms with Crippen LogP contribution in [0.15, 0.2) is 12.1 Å². The molecule has 4 rings (SSSR count). The van der Waals surface area contributed by atoms with Crippen LogP contribution in [0.5, 0.6) is 5.75 Å². The summed E-state index contributed by atoms with van der Waals surface area (Å²) in [5.74, 6) is 1.20. The SMILES string of the molecule is COc1cc2c(cc1CN1CCOC3(CCN(C(C)=O)CC3)C1)CCC2. The molecule has 142 valence electrons. The first-order valence-electron chi connectivity index (χ1n) is 9.89. The van der Waals surface area contributed by atoms with Gasteiger partial charge in [0.1, 0.15) is 5.75 Å². The second-order valence-corrected chi connectivity index (χ2v) is 8.03. The third-order valence-corrected chi connectivity index (χ3v) is 6.34. The quantitative estimate of drug-likeness (QED) is 0.832. The van der Waals surface area contributed by atoms with Crippen LogP contribution in [0.4, 0.5) is 0 Å². The average molecular weight is 358 g/mol. The summed E-state index contributed by atoms with van der Waals surface area (Å²) >= 11 is 0. The number of carbonyl (C=O) groups excluding carboxylic acids is 1. The Morgan fingerprint density at radius 3 is 2.62 bits per heavy atom. The Morgan fingerprint density at radius 1 is 1.19 bits per heavy atom. The summed E-state index contributed by atoms with van der Waals surface area (Å²) in [6, 6.07) is 4.61. The molecule has 0 bridgehead atoms. The molecule has 5 nitrogen and oxygen atoms in total. The summed E-state index contributed by atoms with van der Waals surface area (Å²) in [6.45, 7) is 6.87. The van der Waals surface area contributed by atoms with Gasteiger partial charge in [0.25, 0.3) is 0 Å². The van der Waals surface area contributed by atoms with Crippen LogP contribution < -0.4 is 4.74 Å². The molecule has 2 aliphatic heterocycles. The molecular weight excluding hydrogens is 328 g/mol. The maximum Gasteiger partial charge on any atom is 0.219 e. The van der Waals surface area contributed by atoms with Crippen molar-refractivity contribution in [2.45, 2.75) is 51.2 Å². The molecular formula is C21H30N2O3. The number of fused-ring (bicyclic) bond motifs is 1. The molecule has 2 fully saturated rings. The maximum absolute atomic E-state index is 11.6. The van der Waals surface area contributed by atoms with Crippen LogP contribution in [0.3, 0.4) is 0 Å². The molecule has 0 saturated carbocycles. The molecule has 2 heterocycles. The molecule has 1 aliphatic carbocycles. The van der Waals surface area contributed by atoms with Gasteiger partial charge in [0.15, 0.2) is 0 Å². The first-order chi connectivity index (χ1) is 12.6. The normalized spacial score (nSPS) is 22.5. The summed E-state index contributed by atoms with van der Waals surface area (Å²) in [5.41, 5.74) is 4.17. The van der Waals surface area contributed by atoms with Gasteiger partial charge in [-0.25, -0.2) is 0 Å². The summed E-state index contributed by atoms with van der Waals surface area (Å²) in [7, 11) is 1.78. The molecule has 1 spiro atoms. The van der Waals surface area contributed by atoms with E-state index in [9.17, 15) is 4.79 Å². The van der Waals surface area contributed by atoms with Crippen LogP contribution in [0.25, 0.3) is 0 Å². The van der Waals surface area contributed by atoms with E-state index in [0.717, 1.165) is 57.9 Å². The van der Waals surface area contributed by atoms with Gasteiger partial charge in [0.2, 0.25) is 5.91 Å². The molecule has 0 unspecified atom stereocenters. The Hall–Kier alpha value is -1.59. The van der Waals surface area contributed by atoms with Gasteiger partial charge in [-0.05, 0) is 49.3 Å². The third-order valence-electron chi connectivity index (χ3n) is 6.34. The van der Waals surface area contributed by atoms with E-state index in [1.807, 2.05) is 4.90 Å². The van der Waals surface area contributed by atoms with E-state index >= 15 is 0 Å². The highest BCUT2D eigenvalue weighted by atomic mass is 16.5. The van der Waals surface area contributed by atoms with E-state index in [0.29, 0.717) is 0 Å². The number of hydrogen-bond donors (Lipinski definition) is 0. The fraction of sp³-hybridized carbons (Fsp3) is 0.667. The molecule has 0 aromatic heterocycles. The van der Waals surface area contributed by atoms with Crippen molar-refractivity contribution in [3.63, 3.8) is 0 Å². The van der Waals surface area contributed by atoms with Crippen molar-refractivity contribution in [1.82, 2.24) is 9.80 Å². The number of piperidine rings is 1. The van der Waals surface area contributed by atoms with Gasteiger partial charge >= 0.3 is 0 Å². The van der Waals surface area contributed by atoms with E-state index in [1.165, 1.54) is 36.0 Å².